The highest BCUT2D eigenvalue weighted by atomic mass is 16.4. The molecule has 2 fully saturated rings. The van der Waals surface area contributed by atoms with Crippen molar-refractivity contribution >= 4 is 11.9 Å². The van der Waals surface area contributed by atoms with Crippen LogP contribution in [0.25, 0.3) is 0 Å². The zero-order valence-electron chi connectivity index (χ0n) is 9.71. The molecule has 2 aliphatic rings. The molecule has 0 aliphatic heterocycles. The van der Waals surface area contributed by atoms with Crippen molar-refractivity contribution in [1.29, 1.82) is 0 Å². The van der Waals surface area contributed by atoms with E-state index in [2.05, 4.69) is 5.32 Å². The highest BCUT2D eigenvalue weighted by Gasteiger charge is 2.52. The zero-order chi connectivity index (χ0) is 11.8. The molecule has 1 unspecified atom stereocenters. The van der Waals surface area contributed by atoms with Gasteiger partial charge in [0.1, 0.15) is 5.54 Å². The maximum atomic E-state index is 11.4. The number of carboxylic acids is 1. The van der Waals surface area contributed by atoms with Crippen LogP contribution in [0.5, 0.6) is 0 Å². The molecule has 0 aromatic heterocycles. The van der Waals surface area contributed by atoms with E-state index in [0.717, 1.165) is 25.7 Å². The Morgan fingerprint density at radius 3 is 2.12 bits per heavy atom. The Bertz CT molecular complexity index is 322. The van der Waals surface area contributed by atoms with Gasteiger partial charge >= 0.3 is 5.97 Å². The van der Waals surface area contributed by atoms with E-state index in [1.807, 2.05) is 0 Å². The van der Waals surface area contributed by atoms with E-state index in [9.17, 15) is 14.7 Å². The molecule has 16 heavy (non-hydrogen) atoms. The van der Waals surface area contributed by atoms with Crippen LogP contribution in [0.15, 0.2) is 0 Å². The summed E-state index contributed by atoms with van der Waals surface area (Å²) in [5, 5.41) is 12.1. The van der Waals surface area contributed by atoms with Crippen molar-refractivity contribution in [3.8, 4) is 0 Å². The molecule has 2 saturated carbocycles. The Morgan fingerprint density at radius 1 is 1.12 bits per heavy atom. The van der Waals surface area contributed by atoms with E-state index in [0.29, 0.717) is 12.8 Å². The Kier molecular flexibility index (Phi) is 2.68. The van der Waals surface area contributed by atoms with Crippen molar-refractivity contribution in [3.63, 3.8) is 0 Å². The summed E-state index contributed by atoms with van der Waals surface area (Å²) in [6.07, 6.45) is 6.69. The third-order valence-electron chi connectivity index (χ3n) is 4.23. The Labute approximate surface area is 95.4 Å². The molecule has 1 spiro atoms. The summed E-state index contributed by atoms with van der Waals surface area (Å²) in [7, 11) is 0. The average molecular weight is 225 g/mol. The molecule has 0 heterocycles. The van der Waals surface area contributed by atoms with Crippen molar-refractivity contribution in [1.82, 2.24) is 5.32 Å². The second-order valence-electron chi connectivity index (χ2n) is 5.45. The molecule has 90 valence electrons. The predicted molar refractivity (Wildman–Crippen MR) is 58.9 cm³/mol. The number of hydrogen-bond donors (Lipinski definition) is 2. The summed E-state index contributed by atoms with van der Waals surface area (Å²) in [4.78, 5) is 22.6. The van der Waals surface area contributed by atoms with Gasteiger partial charge in [0.2, 0.25) is 5.91 Å². The summed E-state index contributed by atoms with van der Waals surface area (Å²) in [5.74, 6) is -1.10. The first kappa shape index (κ1) is 11.4. The Balaban J connectivity index is 2.18. The number of hydrogen-bond acceptors (Lipinski definition) is 2. The lowest BCUT2D eigenvalue weighted by Gasteiger charge is -2.51. The molecule has 0 radical (unpaired) electrons. The first-order valence-electron chi connectivity index (χ1n) is 6.00. The third kappa shape index (κ3) is 1.81. The number of aliphatic carboxylic acids is 1. The van der Waals surface area contributed by atoms with Gasteiger partial charge in [-0.25, -0.2) is 4.79 Å². The molecule has 4 heteroatoms. The molecule has 2 aliphatic carbocycles. The van der Waals surface area contributed by atoms with Gasteiger partial charge in [-0.15, -0.1) is 0 Å². The van der Waals surface area contributed by atoms with Crippen molar-refractivity contribution in [2.75, 3.05) is 0 Å². The second-order valence-corrected chi connectivity index (χ2v) is 5.45. The topological polar surface area (TPSA) is 66.4 Å². The van der Waals surface area contributed by atoms with Crippen LogP contribution in [0.1, 0.15) is 51.9 Å². The van der Waals surface area contributed by atoms with Gasteiger partial charge in [0.25, 0.3) is 0 Å². The molecule has 2 N–H and O–H groups in total. The summed E-state index contributed by atoms with van der Waals surface area (Å²) in [6, 6.07) is 0. The van der Waals surface area contributed by atoms with Gasteiger partial charge in [-0.05, 0) is 43.9 Å². The van der Waals surface area contributed by atoms with Crippen LogP contribution in [0.3, 0.4) is 0 Å². The van der Waals surface area contributed by atoms with Gasteiger partial charge < -0.3 is 10.4 Å². The average Bonchev–Trinajstić information content (AvgIpc) is 2.14. The number of rotatable bonds is 2. The number of carbonyl (C=O) groups excluding carboxylic acids is 1. The first-order chi connectivity index (χ1) is 7.48. The number of amides is 1. The minimum Gasteiger partial charge on any atom is -0.480 e. The highest BCUT2D eigenvalue weighted by Crippen LogP contribution is 2.54. The molecule has 4 nitrogen and oxygen atoms in total. The monoisotopic (exact) mass is 225 g/mol. The van der Waals surface area contributed by atoms with Gasteiger partial charge in [-0.3, -0.25) is 4.79 Å². The molecule has 0 bridgehead atoms. The van der Waals surface area contributed by atoms with Crippen molar-refractivity contribution < 1.29 is 14.7 Å². The fourth-order valence-electron chi connectivity index (χ4n) is 3.37. The highest BCUT2D eigenvalue weighted by molar-refractivity contribution is 5.86. The van der Waals surface area contributed by atoms with Crippen LogP contribution in [0.2, 0.25) is 0 Å². The number of carbonyl (C=O) groups is 2. The maximum absolute atomic E-state index is 11.4. The second kappa shape index (κ2) is 3.75. The van der Waals surface area contributed by atoms with E-state index >= 15 is 0 Å². The fraction of sp³-hybridized carbons (Fsp3) is 0.833. The maximum Gasteiger partial charge on any atom is 0.329 e. The molecule has 1 atom stereocenters. The SMILES string of the molecule is CC(=O)NC1(C(=O)O)CCCC2(CCC2)C1. The van der Waals surface area contributed by atoms with Crippen molar-refractivity contribution in [2.24, 2.45) is 5.41 Å². The summed E-state index contributed by atoms with van der Waals surface area (Å²) in [5.41, 5.74) is -0.788. The summed E-state index contributed by atoms with van der Waals surface area (Å²) < 4.78 is 0. The first-order valence-corrected chi connectivity index (χ1v) is 6.00. The largest absolute Gasteiger partial charge is 0.480 e. The molecule has 2 rings (SSSR count). The molecule has 0 aromatic rings. The molecule has 0 aromatic carbocycles. The minimum absolute atomic E-state index is 0.207. The van der Waals surface area contributed by atoms with Gasteiger partial charge in [-0.2, -0.15) is 0 Å². The quantitative estimate of drug-likeness (QED) is 0.751. The van der Waals surface area contributed by atoms with E-state index < -0.39 is 11.5 Å². The molecular formula is C12H19NO3. The van der Waals surface area contributed by atoms with Crippen LogP contribution in [-0.4, -0.2) is 22.5 Å². The lowest BCUT2D eigenvalue weighted by molar-refractivity contribution is -0.153. The lowest BCUT2D eigenvalue weighted by atomic mass is 9.56. The Hall–Kier alpha value is -1.06. The fourth-order valence-corrected chi connectivity index (χ4v) is 3.37. The van der Waals surface area contributed by atoms with Gasteiger partial charge in [-0.1, -0.05) is 6.42 Å². The van der Waals surface area contributed by atoms with Crippen molar-refractivity contribution in [2.45, 2.75) is 57.4 Å². The number of nitrogens with one attached hydrogen (secondary N) is 1. The zero-order valence-corrected chi connectivity index (χ0v) is 9.71. The minimum atomic E-state index is -0.996. The molecular weight excluding hydrogens is 206 g/mol. The van der Waals surface area contributed by atoms with E-state index in [-0.39, 0.29) is 11.3 Å². The van der Waals surface area contributed by atoms with E-state index in [1.165, 1.54) is 13.3 Å². The standard InChI is InChI=1S/C12H19NO3/c1-9(14)13-12(10(15)16)7-3-6-11(8-12)4-2-5-11/h2-8H2,1H3,(H,13,14)(H,15,16). The van der Waals surface area contributed by atoms with E-state index in [1.54, 1.807) is 0 Å². The van der Waals surface area contributed by atoms with E-state index in [4.69, 9.17) is 0 Å². The Morgan fingerprint density at radius 2 is 1.69 bits per heavy atom. The lowest BCUT2D eigenvalue weighted by Crippen LogP contribution is -2.59. The van der Waals surface area contributed by atoms with Crippen LogP contribution in [0, 0.1) is 5.41 Å². The van der Waals surface area contributed by atoms with Crippen LogP contribution >= 0.6 is 0 Å². The van der Waals surface area contributed by atoms with Gasteiger partial charge in [0.15, 0.2) is 0 Å². The van der Waals surface area contributed by atoms with Crippen molar-refractivity contribution in [3.05, 3.63) is 0 Å². The van der Waals surface area contributed by atoms with Crippen LogP contribution in [-0.2, 0) is 9.59 Å². The van der Waals surface area contributed by atoms with Gasteiger partial charge in [0.05, 0.1) is 0 Å². The molecule has 1 amide bonds. The summed E-state index contributed by atoms with van der Waals surface area (Å²) in [6.45, 7) is 1.40. The van der Waals surface area contributed by atoms with Crippen LogP contribution < -0.4 is 5.32 Å². The van der Waals surface area contributed by atoms with Crippen LogP contribution in [0.4, 0.5) is 0 Å². The summed E-state index contributed by atoms with van der Waals surface area (Å²) >= 11 is 0. The van der Waals surface area contributed by atoms with Gasteiger partial charge in [0, 0.05) is 6.92 Å². The predicted octanol–water partition coefficient (Wildman–Crippen LogP) is 1.69. The number of carboxylic acid groups (broad SMARTS) is 1. The smallest absolute Gasteiger partial charge is 0.329 e. The normalized spacial score (nSPS) is 31.8. The third-order valence-corrected chi connectivity index (χ3v) is 4.23. The molecule has 0 saturated heterocycles.